The SMILES string of the molecule is Cc1ncn(-c2ccc(NC(=O)C3CCC(=O)N3C)cc2)c1C. The van der Waals surface area contributed by atoms with Gasteiger partial charge in [0.1, 0.15) is 6.04 Å². The van der Waals surface area contributed by atoms with Crippen molar-refractivity contribution in [2.24, 2.45) is 0 Å². The Morgan fingerprint density at radius 3 is 2.48 bits per heavy atom. The third-order valence-electron chi connectivity index (χ3n) is 4.46. The molecule has 1 aromatic carbocycles. The Balaban J connectivity index is 1.72. The van der Waals surface area contributed by atoms with Crippen LogP contribution in [0.15, 0.2) is 30.6 Å². The molecule has 1 unspecified atom stereocenters. The Hall–Kier alpha value is -2.63. The molecule has 1 saturated heterocycles. The number of likely N-dealkylation sites (tertiary alicyclic amines) is 1. The maximum Gasteiger partial charge on any atom is 0.247 e. The van der Waals surface area contributed by atoms with Gasteiger partial charge in [-0.1, -0.05) is 0 Å². The molecule has 1 aliphatic rings. The number of nitrogens with one attached hydrogen (secondary N) is 1. The minimum Gasteiger partial charge on any atom is -0.334 e. The Labute approximate surface area is 135 Å². The smallest absolute Gasteiger partial charge is 0.247 e. The van der Waals surface area contributed by atoms with Crippen molar-refractivity contribution >= 4 is 17.5 Å². The number of nitrogens with zero attached hydrogens (tertiary/aromatic N) is 3. The van der Waals surface area contributed by atoms with Crippen molar-refractivity contribution in [1.29, 1.82) is 0 Å². The van der Waals surface area contributed by atoms with E-state index < -0.39 is 0 Å². The first-order valence-corrected chi connectivity index (χ1v) is 7.65. The maximum atomic E-state index is 12.3. The number of aromatic nitrogens is 2. The fourth-order valence-electron chi connectivity index (χ4n) is 2.80. The van der Waals surface area contributed by atoms with Gasteiger partial charge < -0.3 is 14.8 Å². The summed E-state index contributed by atoms with van der Waals surface area (Å²) in [7, 11) is 1.67. The van der Waals surface area contributed by atoms with Gasteiger partial charge in [0.25, 0.3) is 0 Å². The van der Waals surface area contributed by atoms with Crippen molar-refractivity contribution in [2.75, 3.05) is 12.4 Å². The van der Waals surface area contributed by atoms with Gasteiger partial charge in [0.2, 0.25) is 11.8 Å². The molecule has 3 rings (SSSR count). The van der Waals surface area contributed by atoms with Crippen LogP contribution >= 0.6 is 0 Å². The van der Waals surface area contributed by atoms with E-state index in [2.05, 4.69) is 10.3 Å². The van der Waals surface area contributed by atoms with E-state index in [1.807, 2.05) is 42.7 Å². The maximum absolute atomic E-state index is 12.3. The Morgan fingerprint density at radius 1 is 1.26 bits per heavy atom. The number of imidazole rings is 1. The van der Waals surface area contributed by atoms with Gasteiger partial charge in [-0.15, -0.1) is 0 Å². The van der Waals surface area contributed by atoms with Crippen molar-refractivity contribution in [1.82, 2.24) is 14.5 Å². The molecule has 2 heterocycles. The Bertz CT molecular complexity index is 748. The van der Waals surface area contributed by atoms with Crippen LogP contribution < -0.4 is 5.32 Å². The van der Waals surface area contributed by atoms with E-state index in [-0.39, 0.29) is 17.9 Å². The van der Waals surface area contributed by atoms with Crippen LogP contribution in [0.5, 0.6) is 0 Å². The molecule has 0 bridgehead atoms. The van der Waals surface area contributed by atoms with E-state index in [9.17, 15) is 9.59 Å². The second kappa shape index (κ2) is 5.87. The molecule has 120 valence electrons. The van der Waals surface area contributed by atoms with Crippen LogP contribution in [0.1, 0.15) is 24.2 Å². The van der Waals surface area contributed by atoms with Crippen molar-refractivity contribution in [3.8, 4) is 5.69 Å². The van der Waals surface area contributed by atoms with Crippen molar-refractivity contribution in [2.45, 2.75) is 32.7 Å². The molecule has 23 heavy (non-hydrogen) atoms. The van der Waals surface area contributed by atoms with Gasteiger partial charge in [0.15, 0.2) is 0 Å². The fraction of sp³-hybridized carbons (Fsp3) is 0.353. The van der Waals surface area contributed by atoms with Gasteiger partial charge in [-0.05, 0) is 44.5 Å². The molecule has 1 aliphatic heterocycles. The van der Waals surface area contributed by atoms with Crippen molar-refractivity contribution in [3.05, 3.63) is 42.0 Å². The molecule has 1 aromatic heterocycles. The number of likely N-dealkylation sites (N-methyl/N-ethyl adjacent to an activating group) is 1. The Morgan fingerprint density at radius 2 is 1.96 bits per heavy atom. The van der Waals surface area contributed by atoms with Crippen molar-refractivity contribution in [3.63, 3.8) is 0 Å². The highest BCUT2D eigenvalue weighted by molar-refractivity contribution is 5.98. The Kier molecular flexibility index (Phi) is 3.90. The summed E-state index contributed by atoms with van der Waals surface area (Å²) >= 11 is 0. The largest absolute Gasteiger partial charge is 0.334 e. The van der Waals surface area contributed by atoms with Crippen LogP contribution in [-0.2, 0) is 9.59 Å². The number of carbonyl (C=O) groups excluding carboxylic acids is 2. The van der Waals surface area contributed by atoms with Crippen LogP contribution in [0.3, 0.4) is 0 Å². The first-order valence-electron chi connectivity index (χ1n) is 7.65. The van der Waals surface area contributed by atoms with Gasteiger partial charge in [0, 0.05) is 30.5 Å². The number of hydrogen-bond acceptors (Lipinski definition) is 3. The molecule has 6 heteroatoms. The number of carbonyl (C=O) groups is 2. The number of rotatable bonds is 3. The molecule has 0 radical (unpaired) electrons. The van der Waals surface area contributed by atoms with Crippen LogP contribution in [0, 0.1) is 13.8 Å². The summed E-state index contributed by atoms with van der Waals surface area (Å²) in [5, 5.41) is 2.88. The third-order valence-corrected chi connectivity index (χ3v) is 4.46. The zero-order valence-electron chi connectivity index (χ0n) is 13.5. The summed E-state index contributed by atoms with van der Waals surface area (Å²) in [4.78, 5) is 29.6. The summed E-state index contributed by atoms with van der Waals surface area (Å²) < 4.78 is 2.00. The lowest BCUT2D eigenvalue weighted by atomic mass is 10.2. The first-order chi connectivity index (χ1) is 11.0. The molecule has 6 nitrogen and oxygen atoms in total. The summed E-state index contributed by atoms with van der Waals surface area (Å²) in [6.45, 7) is 3.99. The van der Waals surface area contributed by atoms with Gasteiger partial charge >= 0.3 is 0 Å². The monoisotopic (exact) mass is 312 g/mol. The predicted molar refractivity (Wildman–Crippen MR) is 87.5 cm³/mol. The molecule has 1 atom stereocenters. The van der Waals surface area contributed by atoms with E-state index in [1.54, 1.807) is 13.4 Å². The number of hydrogen-bond donors (Lipinski definition) is 1. The number of aryl methyl sites for hydroxylation is 1. The number of benzene rings is 1. The summed E-state index contributed by atoms with van der Waals surface area (Å²) in [5.74, 6) is -0.118. The van der Waals surface area contributed by atoms with E-state index in [4.69, 9.17) is 0 Å². The zero-order chi connectivity index (χ0) is 16.6. The molecule has 0 aliphatic carbocycles. The first kappa shape index (κ1) is 15.3. The van der Waals surface area contributed by atoms with Crippen LogP contribution in [0.25, 0.3) is 5.69 Å². The molecule has 2 amide bonds. The average Bonchev–Trinajstić information content (AvgIpc) is 3.04. The molecule has 1 fully saturated rings. The number of anilines is 1. The number of amides is 2. The average molecular weight is 312 g/mol. The standard InChI is InChI=1S/C17H20N4O2/c1-11-12(2)21(10-18-11)14-6-4-13(5-7-14)19-17(23)15-8-9-16(22)20(15)3/h4-7,10,15H,8-9H2,1-3H3,(H,19,23). The van der Waals surface area contributed by atoms with E-state index in [0.717, 1.165) is 22.8 Å². The molecule has 2 aromatic rings. The van der Waals surface area contributed by atoms with Crippen molar-refractivity contribution < 1.29 is 9.59 Å². The highest BCUT2D eigenvalue weighted by atomic mass is 16.2. The summed E-state index contributed by atoms with van der Waals surface area (Å²) in [5.41, 5.74) is 3.81. The second-order valence-corrected chi connectivity index (χ2v) is 5.88. The van der Waals surface area contributed by atoms with Crippen LogP contribution in [-0.4, -0.2) is 39.4 Å². The lowest BCUT2D eigenvalue weighted by molar-refractivity contribution is -0.131. The molecule has 0 saturated carbocycles. The lowest BCUT2D eigenvalue weighted by Crippen LogP contribution is -2.38. The van der Waals surface area contributed by atoms with Gasteiger partial charge in [-0.25, -0.2) is 4.98 Å². The molecular formula is C17H20N4O2. The minimum absolute atomic E-state index is 0.0199. The van der Waals surface area contributed by atoms with Crippen LogP contribution in [0.4, 0.5) is 5.69 Å². The second-order valence-electron chi connectivity index (χ2n) is 5.88. The van der Waals surface area contributed by atoms with Gasteiger partial charge in [-0.3, -0.25) is 9.59 Å². The lowest BCUT2D eigenvalue weighted by Gasteiger charge is -2.19. The van der Waals surface area contributed by atoms with Gasteiger partial charge in [0.05, 0.1) is 12.0 Å². The van der Waals surface area contributed by atoms with Gasteiger partial charge in [-0.2, -0.15) is 0 Å². The zero-order valence-corrected chi connectivity index (χ0v) is 13.5. The fourth-order valence-corrected chi connectivity index (χ4v) is 2.80. The predicted octanol–water partition coefficient (Wildman–Crippen LogP) is 2.05. The molecule has 0 spiro atoms. The van der Waals surface area contributed by atoms with Crippen LogP contribution in [0.2, 0.25) is 0 Å². The minimum atomic E-state index is -0.374. The highest BCUT2D eigenvalue weighted by Crippen LogP contribution is 2.20. The molecule has 1 N–H and O–H groups in total. The summed E-state index contributed by atoms with van der Waals surface area (Å²) in [6.07, 6.45) is 2.80. The van der Waals surface area contributed by atoms with E-state index in [1.165, 1.54) is 4.90 Å². The third kappa shape index (κ3) is 2.84. The molecular weight excluding hydrogens is 292 g/mol. The van der Waals surface area contributed by atoms with E-state index in [0.29, 0.717) is 12.8 Å². The van der Waals surface area contributed by atoms with E-state index >= 15 is 0 Å². The quantitative estimate of drug-likeness (QED) is 0.943. The summed E-state index contributed by atoms with van der Waals surface area (Å²) in [6, 6.07) is 7.22. The topological polar surface area (TPSA) is 67.2 Å². The normalized spacial score (nSPS) is 17.6. The highest BCUT2D eigenvalue weighted by Gasteiger charge is 2.33.